The van der Waals surface area contributed by atoms with Crippen LogP contribution >= 0.6 is 11.6 Å². The zero-order valence-corrected chi connectivity index (χ0v) is 14.8. The standard InChI is InChI=1S/C19H19ClN2O3/c1-3-25-15-7-4-13(5-8-15)11-22-17-9-6-14(20)10-16(17)18(19(22)24)21-12(2)23/h4-10,18H,3,11H2,1-2H3,(H,21,23)/t18-/m1/s1. The molecule has 6 heteroatoms. The van der Waals surface area contributed by atoms with Gasteiger partial charge in [0.2, 0.25) is 5.91 Å². The van der Waals surface area contributed by atoms with Gasteiger partial charge in [-0.05, 0) is 42.8 Å². The van der Waals surface area contributed by atoms with Crippen LogP contribution in [0.15, 0.2) is 42.5 Å². The summed E-state index contributed by atoms with van der Waals surface area (Å²) in [6.07, 6.45) is 0. The van der Waals surface area contributed by atoms with Gasteiger partial charge >= 0.3 is 0 Å². The van der Waals surface area contributed by atoms with Gasteiger partial charge in [-0.1, -0.05) is 23.7 Å². The number of anilines is 1. The molecule has 0 saturated heterocycles. The average Bonchev–Trinajstić information content (AvgIpc) is 2.81. The zero-order chi connectivity index (χ0) is 18.0. The quantitative estimate of drug-likeness (QED) is 0.890. The second kappa shape index (κ2) is 7.15. The Kier molecular flexibility index (Phi) is 4.95. The molecule has 0 spiro atoms. The zero-order valence-electron chi connectivity index (χ0n) is 14.1. The Hall–Kier alpha value is -2.53. The number of hydrogen-bond acceptors (Lipinski definition) is 3. The van der Waals surface area contributed by atoms with Crippen LogP contribution in [0.25, 0.3) is 0 Å². The molecule has 0 radical (unpaired) electrons. The van der Waals surface area contributed by atoms with Crippen LogP contribution in [0.5, 0.6) is 5.75 Å². The van der Waals surface area contributed by atoms with Crippen LogP contribution in [0, 0.1) is 0 Å². The van der Waals surface area contributed by atoms with Gasteiger partial charge in [0.05, 0.1) is 13.2 Å². The van der Waals surface area contributed by atoms with Crippen LogP contribution in [0.2, 0.25) is 5.02 Å². The Labute approximate surface area is 151 Å². The first-order chi connectivity index (χ1) is 12.0. The molecular formula is C19H19ClN2O3. The number of hydrogen-bond donors (Lipinski definition) is 1. The van der Waals surface area contributed by atoms with Crippen LogP contribution in [0.1, 0.15) is 31.0 Å². The van der Waals surface area contributed by atoms with Crippen molar-refractivity contribution < 1.29 is 14.3 Å². The minimum Gasteiger partial charge on any atom is -0.494 e. The van der Waals surface area contributed by atoms with Crippen LogP contribution in [-0.4, -0.2) is 18.4 Å². The number of carbonyl (C=O) groups is 2. The fourth-order valence-electron chi connectivity index (χ4n) is 2.96. The minimum atomic E-state index is -0.700. The van der Waals surface area contributed by atoms with Gasteiger partial charge in [-0.15, -0.1) is 0 Å². The second-order valence-corrected chi connectivity index (χ2v) is 6.27. The van der Waals surface area contributed by atoms with E-state index in [1.165, 1.54) is 6.92 Å². The number of ether oxygens (including phenoxy) is 1. The molecule has 5 nitrogen and oxygen atoms in total. The van der Waals surface area contributed by atoms with E-state index in [2.05, 4.69) is 5.32 Å². The van der Waals surface area contributed by atoms with Crippen molar-refractivity contribution in [1.82, 2.24) is 5.32 Å². The molecule has 0 unspecified atom stereocenters. The third-order valence-corrected chi connectivity index (χ3v) is 4.26. The predicted octanol–water partition coefficient (Wildman–Crippen LogP) is 3.46. The topological polar surface area (TPSA) is 58.6 Å². The normalized spacial score (nSPS) is 15.9. The maximum Gasteiger partial charge on any atom is 0.254 e. The first-order valence-corrected chi connectivity index (χ1v) is 8.47. The molecule has 0 saturated carbocycles. The highest BCUT2D eigenvalue weighted by atomic mass is 35.5. The molecule has 2 aromatic rings. The largest absolute Gasteiger partial charge is 0.494 e. The van der Waals surface area contributed by atoms with E-state index >= 15 is 0 Å². The summed E-state index contributed by atoms with van der Waals surface area (Å²) in [4.78, 5) is 26.0. The van der Waals surface area contributed by atoms with E-state index in [9.17, 15) is 9.59 Å². The SMILES string of the molecule is CCOc1ccc(CN2C(=O)[C@H](NC(C)=O)c3cc(Cl)ccc32)cc1. The van der Waals surface area contributed by atoms with E-state index in [1.807, 2.05) is 37.3 Å². The van der Waals surface area contributed by atoms with Gasteiger partial charge < -0.3 is 15.0 Å². The summed E-state index contributed by atoms with van der Waals surface area (Å²) in [5.41, 5.74) is 2.46. The molecule has 0 aromatic heterocycles. The van der Waals surface area contributed by atoms with Crippen LogP contribution in [0.4, 0.5) is 5.69 Å². The maximum absolute atomic E-state index is 12.8. The number of rotatable bonds is 5. The molecule has 25 heavy (non-hydrogen) atoms. The third kappa shape index (κ3) is 3.61. The van der Waals surface area contributed by atoms with Crippen molar-refractivity contribution in [3.05, 3.63) is 58.6 Å². The van der Waals surface area contributed by atoms with E-state index in [4.69, 9.17) is 16.3 Å². The van der Waals surface area contributed by atoms with Crippen molar-refractivity contribution in [2.24, 2.45) is 0 Å². The van der Waals surface area contributed by atoms with Crippen molar-refractivity contribution in [3.63, 3.8) is 0 Å². The molecule has 130 valence electrons. The highest BCUT2D eigenvalue weighted by Gasteiger charge is 2.37. The number of amides is 2. The summed E-state index contributed by atoms with van der Waals surface area (Å²) in [7, 11) is 0. The lowest BCUT2D eigenvalue weighted by Crippen LogP contribution is -2.36. The average molecular weight is 359 g/mol. The Morgan fingerprint density at radius 2 is 1.96 bits per heavy atom. The highest BCUT2D eigenvalue weighted by Crippen LogP contribution is 2.38. The lowest BCUT2D eigenvalue weighted by atomic mass is 10.1. The van der Waals surface area contributed by atoms with E-state index < -0.39 is 6.04 Å². The molecule has 2 amide bonds. The minimum absolute atomic E-state index is 0.165. The molecule has 0 aliphatic carbocycles. The molecule has 1 heterocycles. The van der Waals surface area contributed by atoms with Gasteiger partial charge in [-0.3, -0.25) is 9.59 Å². The molecule has 0 fully saturated rings. The number of fused-ring (bicyclic) bond motifs is 1. The Morgan fingerprint density at radius 1 is 1.24 bits per heavy atom. The van der Waals surface area contributed by atoms with Gasteiger partial charge in [0.25, 0.3) is 5.91 Å². The van der Waals surface area contributed by atoms with Crippen molar-refractivity contribution in [3.8, 4) is 5.75 Å². The number of carbonyl (C=O) groups excluding carboxylic acids is 2. The van der Waals surface area contributed by atoms with Gasteiger partial charge in [-0.25, -0.2) is 0 Å². The first-order valence-electron chi connectivity index (χ1n) is 8.09. The van der Waals surface area contributed by atoms with E-state index in [0.29, 0.717) is 18.2 Å². The summed E-state index contributed by atoms with van der Waals surface area (Å²) >= 11 is 6.07. The van der Waals surface area contributed by atoms with Crippen LogP contribution < -0.4 is 15.0 Å². The third-order valence-electron chi connectivity index (χ3n) is 4.03. The van der Waals surface area contributed by atoms with Crippen LogP contribution in [-0.2, 0) is 16.1 Å². The molecule has 0 bridgehead atoms. The summed E-state index contributed by atoms with van der Waals surface area (Å²) < 4.78 is 5.44. The van der Waals surface area contributed by atoms with Gasteiger partial charge in [0, 0.05) is 23.2 Å². The molecule has 1 atom stereocenters. The predicted molar refractivity (Wildman–Crippen MR) is 96.8 cm³/mol. The molecule has 3 rings (SSSR count). The number of benzene rings is 2. The summed E-state index contributed by atoms with van der Waals surface area (Å²) in [6.45, 7) is 4.35. The van der Waals surface area contributed by atoms with Crippen molar-refractivity contribution >= 4 is 29.1 Å². The number of halogens is 1. The highest BCUT2D eigenvalue weighted by molar-refractivity contribution is 6.31. The van der Waals surface area contributed by atoms with E-state index in [-0.39, 0.29) is 11.8 Å². The summed E-state index contributed by atoms with van der Waals surface area (Å²) in [6, 6.07) is 12.2. The Morgan fingerprint density at radius 3 is 2.60 bits per heavy atom. The fraction of sp³-hybridized carbons (Fsp3) is 0.263. The van der Waals surface area contributed by atoms with Crippen LogP contribution in [0.3, 0.4) is 0 Å². The lowest BCUT2D eigenvalue weighted by molar-refractivity contribution is -0.126. The van der Waals surface area contributed by atoms with E-state index in [0.717, 1.165) is 22.6 Å². The molecule has 1 aliphatic rings. The second-order valence-electron chi connectivity index (χ2n) is 5.84. The fourth-order valence-corrected chi connectivity index (χ4v) is 3.14. The molecule has 1 N–H and O–H groups in total. The van der Waals surface area contributed by atoms with Gasteiger partial charge in [0.1, 0.15) is 11.8 Å². The first kappa shape index (κ1) is 17.3. The van der Waals surface area contributed by atoms with Gasteiger partial charge in [0.15, 0.2) is 0 Å². The van der Waals surface area contributed by atoms with Crippen molar-refractivity contribution in [1.29, 1.82) is 0 Å². The monoisotopic (exact) mass is 358 g/mol. The number of nitrogens with zero attached hydrogens (tertiary/aromatic N) is 1. The summed E-state index contributed by atoms with van der Waals surface area (Å²) in [5, 5.41) is 3.24. The Bertz CT molecular complexity index is 805. The van der Waals surface area contributed by atoms with Crippen molar-refractivity contribution in [2.45, 2.75) is 26.4 Å². The molecule has 2 aromatic carbocycles. The lowest BCUT2D eigenvalue weighted by Gasteiger charge is -2.18. The Balaban J connectivity index is 1.88. The van der Waals surface area contributed by atoms with E-state index in [1.54, 1.807) is 17.0 Å². The molecule has 1 aliphatic heterocycles. The van der Waals surface area contributed by atoms with Crippen molar-refractivity contribution in [2.75, 3.05) is 11.5 Å². The van der Waals surface area contributed by atoms with Gasteiger partial charge in [-0.2, -0.15) is 0 Å². The number of nitrogens with one attached hydrogen (secondary N) is 1. The summed E-state index contributed by atoms with van der Waals surface area (Å²) in [5.74, 6) is 0.371. The maximum atomic E-state index is 12.8. The smallest absolute Gasteiger partial charge is 0.254 e. The molecular weight excluding hydrogens is 340 g/mol.